The fourth-order valence-electron chi connectivity index (χ4n) is 1.82. The van der Waals surface area contributed by atoms with Crippen LogP contribution in [0.25, 0.3) is 0 Å². The Morgan fingerprint density at radius 2 is 1.83 bits per heavy atom. The molecule has 0 amide bonds. The van der Waals surface area contributed by atoms with E-state index in [1.807, 2.05) is 20.8 Å². The predicted octanol–water partition coefficient (Wildman–Crippen LogP) is -0.101. The molecular weight excluding hydrogens is 252 g/mol. The van der Waals surface area contributed by atoms with Gasteiger partial charge in [0.15, 0.2) is 5.41 Å². The zero-order chi connectivity index (χ0) is 13.4. The van der Waals surface area contributed by atoms with Crippen LogP contribution in [0.5, 0.6) is 0 Å². The number of hydrogen-bond donors (Lipinski definition) is 0. The predicted molar refractivity (Wildman–Crippen MR) is 71.9 cm³/mol. The first-order chi connectivity index (χ1) is 8.66. The van der Waals surface area contributed by atoms with E-state index in [2.05, 4.69) is 0 Å². The van der Waals surface area contributed by atoms with Gasteiger partial charge in [-0.05, 0) is 20.8 Å². The summed E-state index contributed by atoms with van der Waals surface area (Å²) in [5.41, 5.74) is -0.621. The molecule has 0 aromatic heterocycles. The van der Waals surface area contributed by atoms with E-state index in [0.717, 1.165) is 16.8 Å². The zero-order valence-electron chi connectivity index (χ0n) is 11.9. The van der Waals surface area contributed by atoms with Crippen molar-refractivity contribution in [2.24, 2.45) is 0 Å². The van der Waals surface area contributed by atoms with E-state index in [9.17, 15) is 0 Å². The lowest BCUT2D eigenvalue weighted by molar-refractivity contribution is -0.245. The summed E-state index contributed by atoms with van der Waals surface area (Å²) in [4.78, 5) is 0. The Kier molecular flexibility index (Phi) is 7.36. The smallest absolute Gasteiger partial charge is 0.168 e. The van der Waals surface area contributed by atoms with Crippen molar-refractivity contribution < 1.29 is 23.7 Å². The second kappa shape index (κ2) is 8.24. The molecule has 0 N–H and O–H groups in total. The first-order valence-electron chi connectivity index (χ1n) is 6.75. The molecule has 0 bridgehead atoms. The van der Waals surface area contributed by atoms with Crippen molar-refractivity contribution >= 4 is 10.2 Å². The molecule has 2 atom stereocenters. The van der Waals surface area contributed by atoms with E-state index in [-0.39, 0.29) is 12.2 Å². The van der Waals surface area contributed by atoms with Crippen LogP contribution in [-0.2, 0) is 23.7 Å². The Morgan fingerprint density at radius 1 is 1.22 bits per heavy atom. The number of rotatable bonds is 11. The first-order valence-corrected chi connectivity index (χ1v) is 7.75. The molecule has 1 aliphatic heterocycles. The standard InChI is InChI=1S/C12H26O5Si/c1-4-14-11(9-13-7-10-8-15-10)12(18,16-5-2)17-6-3/h10-11H,4-9H2,1-3,18H3. The Balaban J connectivity index is 2.46. The molecular formula is C12H26O5Si. The van der Waals surface area contributed by atoms with Gasteiger partial charge in [0.05, 0.1) is 30.1 Å². The molecule has 18 heavy (non-hydrogen) atoms. The molecule has 1 aliphatic rings. The summed E-state index contributed by atoms with van der Waals surface area (Å²) in [6, 6.07) is 0. The Morgan fingerprint density at radius 3 is 2.28 bits per heavy atom. The Bertz CT molecular complexity index is 217. The van der Waals surface area contributed by atoms with Gasteiger partial charge in [-0.1, -0.05) is 0 Å². The molecule has 1 heterocycles. The fourth-order valence-corrected chi connectivity index (χ4v) is 2.73. The summed E-state index contributed by atoms with van der Waals surface area (Å²) >= 11 is 0. The van der Waals surface area contributed by atoms with Crippen molar-refractivity contribution in [3.05, 3.63) is 0 Å². The van der Waals surface area contributed by atoms with Crippen LogP contribution < -0.4 is 0 Å². The van der Waals surface area contributed by atoms with Crippen LogP contribution in [0.15, 0.2) is 0 Å². The maximum Gasteiger partial charge on any atom is 0.168 e. The maximum absolute atomic E-state index is 5.76. The molecule has 1 fully saturated rings. The van der Waals surface area contributed by atoms with Gasteiger partial charge in [-0.3, -0.25) is 0 Å². The lowest BCUT2D eigenvalue weighted by atomic mass is 10.3. The molecule has 0 aromatic rings. The highest BCUT2D eigenvalue weighted by atomic mass is 28.1. The second-order valence-electron chi connectivity index (χ2n) is 4.32. The molecule has 2 unspecified atom stereocenters. The second-order valence-corrected chi connectivity index (χ2v) is 5.71. The summed E-state index contributed by atoms with van der Waals surface area (Å²) in [7, 11) is 0.733. The quantitative estimate of drug-likeness (QED) is 0.300. The van der Waals surface area contributed by atoms with Gasteiger partial charge in [0, 0.05) is 19.8 Å². The van der Waals surface area contributed by atoms with E-state index in [0.29, 0.717) is 33.0 Å². The van der Waals surface area contributed by atoms with Gasteiger partial charge in [0.2, 0.25) is 0 Å². The van der Waals surface area contributed by atoms with Gasteiger partial charge in [0.1, 0.15) is 12.2 Å². The van der Waals surface area contributed by atoms with Crippen molar-refractivity contribution in [3.63, 3.8) is 0 Å². The summed E-state index contributed by atoms with van der Waals surface area (Å²) in [5.74, 6) is 0. The summed E-state index contributed by atoms with van der Waals surface area (Å²) in [5, 5.41) is 0. The highest BCUT2D eigenvalue weighted by Crippen LogP contribution is 2.19. The third-order valence-corrected chi connectivity index (χ3v) is 4.01. The molecule has 1 saturated heterocycles. The van der Waals surface area contributed by atoms with Crippen LogP contribution in [-0.4, -0.2) is 67.5 Å². The molecule has 108 valence electrons. The Hall–Kier alpha value is 0.0169. The van der Waals surface area contributed by atoms with Gasteiger partial charge in [0.25, 0.3) is 0 Å². The van der Waals surface area contributed by atoms with Crippen molar-refractivity contribution in [1.82, 2.24) is 0 Å². The lowest BCUT2D eigenvalue weighted by Crippen LogP contribution is -2.52. The lowest BCUT2D eigenvalue weighted by Gasteiger charge is -2.36. The first kappa shape index (κ1) is 16.1. The van der Waals surface area contributed by atoms with Gasteiger partial charge in [-0.15, -0.1) is 0 Å². The third kappa shape index (κ3) is 5.34. The molecule has 0 radical (unpaired) electrons. The minimum absolute atomic E-state index is 0.173. The number of hydrogen-bond acceptors (Lipinski definition) is 5. The van der Waals surface area contributed by atoms with E-state index in [1.165, 1.54) is 0 Å². The van der Waals surface area contributed by atoms with Crippen LogP contribution in [0.1, 0.15) is 20.8 Å². The average molecular weight is 278 g/mol. The van der Waals surface area contributed by atoms with Gasteiger partial charge >= 0.3 is 0 Å². The minimum Gasteiger partial charge on any atom is -0.376 e. The van der Waals surface area contributed by atoms with Crippen LogP contribution in [0, 0.1) is 0 Å². The summed E-state index contributed by atoms with van der Waals surface area (Å²) in [6.45, 7) is 9.66. The highest BCUT2D eigenvalue weighted by molar-refractivity contribution is 6.13. The average Bonchev–Trinajstić information content (AvgIpc) is 3.12. The molecule has 0 saturated carbocycles. The molecule has 0 aliphatic carbocycles. The SMILES string of the molecule is CCOC(COCC1CO1)C([SiH3])(OCC)OCC. The monoisotopic (exact) mass is 278 g/mol. The van der Waals surface area contributed by atoms with Crippen molar-refractivity contribution in [3.8, 4) is 0 Å². The van der Waals surface area contributed by atoms with Crippen molar-refractivity contribution in [1.29, 1.82) is 0 Å². The van der Waals surface area contributed by atoms with Gasteiger partial charge in [-0.25, -0.2) is 0 Å². The van der Waals surface area contributed by atoms with E-state index < -0.39 is 5.41 Å². The number of ether oxygens (including phenoxy) is 5. The zero-order valence-corrected chi connectivity index (χ0v) is 13.9. The topological polar surface area (TPSA) is 49.5 Å². The molecule has 0 aromatic carbocycles. The van der Waals surface area contributed by atoms with Crippen LogP contribution in [0.3, 0.4) is 0 Å². The Labute approximate surface area is 112 Å². The van der Waals surface area contributed by atoms with Crippen molar-refractivity contribution in [2.75, 3.05) is 39.6 Å². The van der Waals surface area contributed by atoms with E-state index in [1.54, 1.807) is 0 Å². The summed E-state index contributed by atoms with van der Waals surface area (Å²) < 4.78 is 28.0. The van der Waals surface area contributed by atoms with Gasteiger partial charge < -0.3 is 23.7 Å². The van der Waals surface area contributed by atoms with Crippen LogP contribution >= 0.6 is 0 Å². The van der Waals surface area contributed by atoms with E-state index in [4.69, 9.17) is 23.7 Å². The minimum atomic E-state index is -0.621. The molecule has 0 spiro atoms. The molecule has 6 heteroatoms. The summed E-state index contributed by atoms with van der Waals surface area (Å²) in [6.07, 6.45) is 0.0998. The number of epoxide rings is 1. The third-order valence-electron chi connectivity index (χ3n) is 2.79. The molecule has 5 nitrogen and oxygen atoms in total. The highest BCUT2D eigenvalue weighted by Gasteiger charge is 2.37. The van der Waals surface area contributed by atoms with Crippen molar-refractivity contribution in [2.45, 2.75) is 38.4 Å². The molecule has 1 rings (SSSR count). The normalized spacial score (nSPS) is 21.2. The van der Waals surface area contributed by atoms with Crippen LogP contribution in [0.2, 0.25) is 0 Å². The largest absolute Gasteiger partial charge is 0.376 e. The maximum atomic E-state index is 5.76. The van der Waals surface area contributed by atoms with Crippen LogP contribution in [0.4, 0.5) is 0 Å². The van der Waals surface area contributed by atoms with E-state index >= 15 is 0 Å². The van der Waals surface area contributed by atoms with Gasteiger partial charge in [-0.2, -0.15) is 0 Å². The fraction of sp³-hybridized carbons (Fsp3) is 1.00.